The van der Waals surface area contributed by atoms with E-state index in [2.05, 4.69) is 0 Å². The molecule has 246 valence electrons. The predicted molar refractivity (Wildman–Crippen MR) is 172 cm³/mol. The van der Waals surface area contributed by atoms with Crippen LogP contribution in [0.5, 0.6) is 11.5 Å². The molecule has 7 rings (SSSR count). The minimum atomic E-state index is -2.22. The second-order valence-electron chi connectivity index (χ2n) is 12.2. The molecule has 2 saturated heterocycles. The standard InChI is InChI=1S/C34H24Cl3FN2O8/c1-48-24-13-16(12-23(35)27(24)41)26-20-9-10-21-25(29(43)39(28(21)42)19-4-2-3-15(11-19)30(44)45)22(20)14-33(36)31(46)40(32(47)34(26,33)37)18-7-5-17(38)6-8-18/h2-9,11-13,21-22,25-26,41H,10,14H2,1H3,(H,44,45)/t21-,22+,25-,26-,33+,34-/m0/s1. The molecule has 2 aliphatic carbocycles. The van der Waals surface area contributed by atoms with Gasteiger partial charge < -0.3 is 14.9 Å². The van der Waals surface area contributed by atoms with E-state index in [1.165, 1.54) is 55.6 Å². The van der Waals surface area contributed by atoms with Crippen molar-refractivity contribution in [3.8, 4) is 11.5 Å². The number of aromatic hydroxyl groups is 1. The minimum Gasteiger partial charge on any atom is -0.503 e. The second-order valence-corrected chi connectivity index (χ2v) is 13.8. The van der Waals surface area contributed by atoms with Gasteiger partial charge in [-0.25, -0.2) is 14.1 Å². The summed E-state index contributed by atoms with van der Waals surface area (Å²) in [4.78, 5) is 65.9. The number of halogens is 4. The number of carboxylic acids is 1. The first kappa shape index (κ1) is 32.1. The first-order chi connectivity index (χ1) is 22.7. The zero-order valence-electron chi connectivity index (χ0n) is 24.8. The normalized spacial score (nSPS) is 29.4. The summed E-state index contributed by atoms with van der Waals surface area (Å²) in [5, 5.41) is 19.9. The molecule has 10 nitrogen and oxygen atoms in total. The van der Waals surface area contributed by atoms with E-state index in [0.717, 1.165) is 21.9 Å². The molecular weight excluding hydrogens is 690 g/mol. The lowest BCUT2D eigenvalue weighted by molar-refractivity contribution is -0.125. The maximum absolute atomic E-state index is 14.5. The van der Waals surface area contributed by atoms with E-state index in [-0.39, 0.29) is 51.9 Å². The number of aromatic carboxylic acids is 1. The molecule has 14 heteroatoms. The van der Waals surface area contributed by atoms with Crippen LogP contribution in [-0.2, 0) is 19.2 Å². The Hall–Kier alpha value is -4.45. The number of carboxylic acid groups (broad SMARTS) is 1. The van der Waals surface area contributed by atoms with Crippen molar-refractivity contribution in [3.63, 3.8) is 0 Å². The Morgan fingerprint density at radius 2 is 1.65 bits per heavy atom. The number of methoxy groups -OCH3 is 1. The van der Waals surface area contributed by atoms with Crippen LogP contribution in [0, 0.1) is 23.6 Å². The molecular formula is C34H24Cl3FN2O8. The van der Waals surface area contributed by atoms with Crippen LogP contribution in [0.15, 0.2) is 72.3 Å². The summed E-state index contributed by atoms with van der Waals surface area (Å²) in [6.45, 7) is 0. The minimum absolute atomic E-state index is 0.0207. The summed E-state index contributed by atoms with van der Waals surface area (Å²) in [7, 11) is 1.29. The summed E-state index contributed by atoms with van der Waals surface area (Å²) < 4.78 is 19.2. The first-order valence-electron chi connectivity index (χ1n) is 14.7. The van der Waals surface area contributed by atoms with Crippen molar-refractivity contribution in [1.29, 1.82) is 0 Å². The lowest BCUT2D eigenvalue weighted by Gasteiger charge is -2.50. The van der Waals surface area contributed by atoms with E-state index >= 15 is 0 Å². The molecule has 4 aliphatic rings. The fourth-order valence-electron chi connectivity index (χ4n) is 7.72. The molecule has 2 N–H and O–H groups in total. The van der Waals surface area contributed by atoms with E-state index in [4.69, 9.17) is 39.5 Å². The first-order valence-corrected chi connectivity index (χ1v) is 15.9. The molecule has 0 bridgehead atoms. The van der Waals surface area contributed by atoms with Gasteiger partial charge in [0.2, 0.25) is 11.8 Å². The molecule has 3 fully saturated rings. The number of carbonyl (C=O) groups is 5. The van der Waals surface area contributed by atoms with Gasteiger partial charge in [0.15, 0.2) is 21.2 Å². The van der Waals surface area contributed by atoms with Gasteiger partial charge in [0.1, 0.15) is 5.82 Å². The van der Waals surface area contributed by atoms with Gasteiger partial charge in [-0.1, -0.05) is 29.3 Å². The number of fused-ring (bicyclic) bond motifs is 4. The summed E-state index contributed by atoms with van der Waals surface area (Å²) in [6.07, 6.45) is 1.45. The Kier molecular flexibility index (Phi) is 7.39. The van der Waals surface area contributed by atoms with Gasteiger partial charge in [0.25, 0.3) is 11.8 Å². The van der Waals surface area contributed by atoms with E-state index in [1.807, 2.05) is 0 Å². The Morgan fingerprint density at radius 1 is 0.938 bits per heavy atom. The molecule has 3 aromatic carbocycles. The van der Waals surface area contributed by atoms with Crippen molar-refractivity contribution in [2.45, 2.75) is 28.5 Å². The number of phenolic OH excluding ortho intramolecular Hbond substituents is 1. The van der Waals surface area contributed by atoms with Crippen molar-refractivity contribution in [2.24, 2.45) is 17.8 Å². The number of alkyl halides is 2. The van der Waals surface area contributed by atoms with Gasteiger partial charge in [-0.3, -0.25) is 24.1 Å². The summed E-state index contributed by atoms with van der Waals surface area (Å²) in [5.74, 6) is -9.33. The number of phenols is 1. The van der Waals surface area contributed by atoms with E-state index < -0.39 is 68.8 Å². The molecule has 3 aromatic rings. The van der Waals surface area contributed by atoms with Crippen LogP contribution in [0.25, 0.3) is 0 Å². The van der Waals surface area contributed by atoms with Crippen molar-refractivity contribution in [2.75, 3.05) is 16.9 Å². The molecule has 2 aliphatic heterocycles. The lowest BCUT2D eigenvalue weighted by Crippen LogP contribution is -2.60. The maximum Gasteiger partial charge on any atom is 0.335 e. The van der Waals surface area contributed by atoms with Crippen LogP contribution in [0.2, 0.25) is 5.02 Å². The van der Waals surface area contributed by atoms with Crippen molar-refractivity contribution < 1.29 is 43.3 Å². The number of amides is 4. The Morgan fingerprint density at radius 3 is 2.31 bits per heavy atom. The molecule has 0 spiro atoms. The zero-order chi connectivity index (χ0) is 34.4. The number of benzene rings is 3. The molecule has 1 saturated carbocycles. The molecule has 0 unspecified atom stereocenters. The van der Waals surface area contributed by atoms with Crippen LogP contribution < -0.4 is 14.5 Å². The van der Waals surface area contributed by atoms with Crippen LogP contribution in [0.4, 0.5) is 15.8 Å². The molecule has 0 radical (unpaired) electrons. The number of ether oxygens (including phenoxy) is 1. The van der Waals surface area contributed by atoms with Crippen molar-refractivity contribution in [1.82, 2.24) is 0 Å². The average Bonchev–Trinajstić information content (AvgIpc) is 3.40. The van der Waals surface area contributed by atoms with Crippen LogP contribution >= 0.6 is 34.8 Å². The number of rotatable bonds is 5. The molecule has 48 heavy (non-hydrogen) atoms. The van der Waals surface area contributed by atoms with Gasteiger partial charge in [-0.15, -0.1) is 23.2 Å². The maximum atomic E-state index is 14.5. The highest BCUT2D eigenvalue weighted by Crippen LogP contribution is 2.66. The number of carbonyl (C=O) groups excluding carboxylic acids is 4. The number of hydrogen-bond acceptors (Lipinski definition) is 7. The lowest BCUT2D eigenvalue weighted by atomic mass is 9.56. The second kappa shape index (κ2) is 11.0. The molecule has 0 aromatic heterocycles. The third kappa shape index (κ3) is 4.27. The summed E-state index contributed by atoms with van der Waals surface area (Å²) >= 11 is 21.1. The van der Waals surface area contributed by atoms with Gasteiger partial charge >= 0.3 is 5.97 Å². The van der Waals surface area contributed by atoms with Gasteiger partial charge in [0, 0.05) is 5.92 Å². The number of nitrogens with zero attached hydrogens (tertiary/aromatic N) is 2. The average molecular weight is 714 g/mol. The third-order valence-electron chi connectivity index (χ3n) is 9.85. The number of allylic oxidation sites excluding steroid dienone is 2. The van der Waals surface area contributed by atoms with Crippen molar-refractivity contribution in [3.05, 3.63) is 94.3 Å². The molecule has 6 atom stereocenters. The zero-order valence-corrected chi connectivity index (χ0v) is 27.1. The van der Waals surface area contributed by atoms with E-state index in [9.17, 15) is 38.6 Å². The quantitative estimate of drug-likeness (QED) is 0.196. The van der Waals surface area contributed by atoms with Crippen LogP contribution in [-0.4, -0.2) is 56.7 Å². The fourth-order valence-corrected chi connectivity index (χ4v) is 8.88. The SMILES string of the molecule is COc1cc([C@H]2C3=CC[C@@H]4C(=O)N(c5cccc(C(=O)O)c5)C(=O)[C@@H]4[C@@H]3C[C@@]3(Cl)C(=O)N(c4ccc(F)cc4)C(=O)[C@@]23Cl)cc(Cl)c1O. The van der Waals surface area contributed by atoms with Gasteiger partial charge in [0.05, 0.1) is 40.9 Å². The number of anilines is 2. The largest absolute Gasteiger partial charge is 0.503 e. The highest BCUT2D eigenvalue weighted by molar-refractivity contribution is 6.58. The third-order valence-corrected chi connectivity index (χ3v) is 11.6. The van der Waals surface area contributed by atoms with E-state index in [1.54, 1.807) is 6.08 Å². The molecule has 4 amide bonds. The summed E-state index contributed by atoms with van der Waals surface area (Å²) in [5.41, 5.74) is 0.669. The van der Waals surface area contributed by atoms with Crippen LogP contribution in [0.3, 0.4) is 0 Å². The number of imide groups is 2. The smallest absolute Gasteiger partial charge is 0.335 e. The Balaban J connectivity index is 1.41. The predicted octanol–water partition coefficient (Wildman–Crippen LogP) is 5.66. The van der Waals surface area contributed by atoms with Crippen LogP contribution in [0.1, 0.15) is 34.7 Å². The Bertz CT molecular complexity index is 2000. The highest BCUT2D eigenvalue weighted by Gasteiger charge is 2.76. The summed E-state index contributed by atoms with van der Waals surface area (Å²) in [6, 6.07) is 12.8. The van der Waals surface area contributed by atoms with Gasteiger partial charge in [-0.05, 0) is 78.9 Å². The highest BCUT2D eigenvalue weighted by atomic mass is 35.5. The number of hydrogen-bond donors (Lipinski definition) is 2. The van der Waals surface area contributed by atoms with E-state index in [0.29, 0.717) is 5.57 Å². The van der Waals surface area contributed by atoms with Gasteiger partial charge in [-0.2, -0.15) is 0 Å². The van der Waals surface area contributed by atoms with Crippen molar-refractivity contribution >= 4 is 75.8 Å². The monoisotopic (exact) mass is 712 g/mol. The topological polar surface area (TPSA) is 142 Å². The fraction of sp³-hybridized carbons (Fsp3) is 0.265. The Labute approximate surface area is 287 Å². The molecule has 2 heterocycles.